The quantitative estimate of drug-likeness (QED) is 0.843. The van der Waals surface area contributed by atoms with Crippen molar-refractivity contribution in [3.05, 3.63) is 17.7 Å². The second-order valence-corrected chi connectivity index (χ2v) is 5.25. The van der Waals surface area contributed by atoms with Crippen LogP contribution in [0.3, 0.4) is 0 Å². The second kappa shape index (κ2) is 6.47. The van der Waals surface area contributed by atoms with Crippen LogP contribution in [0.25, 0.3) is 0 Å². The van der Waals surface area contributed by atoms with Crippen LogP contribution >= 0.6 is 0 Å². The van der Waals surface area contributed by atoms with Gasteiger partial charge in [0.25, 0.3) is 0 Å². The van der Waals surface area contributed by atoms with E-state index in [2.05, 4.69) is 5.32 Å². The van der Waals surface area contributed by atoms with Gasteiger partial charge >= 0.3 is 5.97 Å². The Balaban J connectivity index is 3.28. The van der Waals surface area contributed by atoms with E-state index in [1.54, 1.807) is 13.8 Å². The molecule has 0 heterocycles. The zero-order chi connectivity index (χ0) is 16.2. The van der Waals surface area contributed by atoms with Crippen LogP contribution in [0, 0.1) is 5.41 Å². The fourth-order valence-corrected chi connectivity index (χ4v) is 1.61. The highest BCUT2D eigenvalue weighted by Gasteiger charge is 2.27. The zero-order valence-electron chi connectivity index (χ0n) is 12.9. The Morgan fingerprint density at radius 2 is 1.71 bits per heavy atom. The molecule has 2 N–H and O–H groups in total. The van der Waals surface area contributed by atoms with Crippen LogP contribution in [-0.4, -0.2) is 31.2 Å². The largest absolute Gasteiger partial charge is 0.493 e. The minimum Gasteiger partial charge on any atom is -0.493 e. The van der Waals surface area contributed by atoms with Crippen LogP contribution in [0.15, 0.2) is 12.1 Å². The third-order valence-electron chi connectivity index (χ3n) is 3.50. The number of aromatic carboxylic acids is 1. The molecule has 0 aliphatic rings. The first-order valence-corrected chi connectivity index (χ1v) is 6.57. The number of carbonyl (C=O) groups excluding carboxylic acids is 1. The number of ether oxygens (including phenoxy) is 2. The summed E-state index contributed by atoms with van der Waals surface area (Å²) in [7, 11) is 2.86. The molecule has 1 aromatic carbocycles. The summed E-state index contributed by atoms with van der Waals surface area (Å²) in [5, 5.41) is 11.9. The molecule has 0 aliphatic carbocycles. The lowest BCUT2D eigenvalue weighted by Gasteiger charge is -2.22. The topological polar surface area (TPSA) is 84.9 Å². The molecule has 116 valence electrons. The fraction of sp³-hybridized carbons (Fsp3) is 0.467. The third kappa shape index (κ3) is 3.65. The number of carbonyl (C=O) groups is 2. The number of hydrogen-bond donors (Lipinski definition) is 2. The Labute approximate surface area is 124 Å². The normalized spacial score (nSPS) is 10.9. The first kappa shape index (κ1) is 16.8. The molecular formula is C15H21NO5. The van der Waals surface area contributed by atoms with Gasteiger partial charge in [-0.05, 0) is 6.42 Å². The maximum Gasteiger partial charge on any atom is 0.337 e. The van der Waals surface area contributed by atoms with Gasteiger partial charge in [-0.1, -0.05) is 20.8 Å². The molecule has 1 rings (SSSR count). The lowest BCUT2D eigenvalue weighted by molar-refractivity contribution is -0.124. The molecule has 6 heteroatoms. The van der Waals surface area contributed by atoms with E-state index in [1.807, 2.05) is 6.92 Å². The van der Waals surface area contributed by atoms with Gasteiger partial charge in [0.1, 0.15) is 0 Å². The molecule has 0 aliphatic heterocycles. The molecule has 1 amide bonds. The summed E-state index contributed by atoms with van der Waals surface area (Å²) in [4.78, 5) is 23.6. The van der Waals surface area contributed by atoms with Gasteiger partial charge in [-0.25, -0.2) is 4.79 Å². The van der Waals surface area contributed by atoms with Gasteiger partial charge in [-0.2, -0.15) is 0 Å². The summed E-state index contributed by atoms with van der Waals surface area (Å²) >= 11 is 0. The van der Waals surface area contributed by atoms with Gasteiger partial charge in [0.05, 0.1) is 25.5 Å². The number of hydrogen-bond acceptors (Lipinski definition) is 4. The molecule has 21 heavy (non-hydrogen) atoms. The molecule has 0 saturated heterocycles. The van der Waals surface area contributed by atoms with E-state index in [0.717, 1.165) is 0 Å². The van der Waals surface area contributed by atoms with Crippen molar-refractivity contribution < 1.29 is 24.2 Å². The average Bonchev–Trinajstić information content (AvgIpc) is 2.46. The molecule has 0 spiro atoms. The van der Waals surface area contributed by atoms with E-state index in [4.69, 9.17) is 9.47 Å². The Morgan fingerprint density at radius 3 is 2.14 bits per heavy atom. The maximum absolute atomic E-state index is 12.2. The number of carboxylic acid groups (broad SMARTS) is 1. The molecular weight excluding hydrogens is 274 g/mol. The molecule has 0 saturated carbocycles. The number of benzene rings is 1. The van der Waals surface area contributed by atoms with Gasteiger partial charge in [-0.3, -0.25) is 4.79 Å². The first-order valence-electron chi connectivity index (χ1n) is 6.57. The number of amides is 1. The van der Waals surface area contributed by atoms with E-state index in [0.29, 0.717) is 17.9 Å². The van der Waals surface area contributed by atoms with Crippen molar-refractivity contribution in [2.24, 2.45) is 5.41 Å². The first-order chi connectivity index (χ1) is 9.76. The number of rotatable bonds is 6. The Morgan fingerprint density at radius 1 is 1.19 bits per heavy atom. The van der Waals surface area contributed by atoms with Crippen LogP contribution in [0.4, 0.5) is 5.69 Å². The van der Waals surface area contributed by atoms with Crippen LogP contribution in [-0.2, 0) is 4.79 Å². The summed E-state index contributed by atoms with van der Waals surface area (Å²) in [5.74, 6) is -0.755. The summed E-state index contributed by atoms with van der Waals surface area (Å²) in [5.41, 5.74) is -0.456. The molecule has 0 atom stereocenters. The highest BCUT2D eigenvalue weighted by atomic mass is 16.5. The van der Waals surface area contributed by atoms with E-state index in [9.17, 15) is 14.7 Å². The van der Waals surface area contributed by atoms with Crippen molar-refractivity contribution in [1.29, 1.82) is 0 Å². The van der Waals surface area contributed by atoms with Gasteiger partial charge in [0, 0.05) is 17.5 Å². The van der Waals surface area contributed by atoms with Gasteiger partial charge in [-0.15, -0.1) is 0 Å². The van der Waals surface area contributed by atoms with E-state index in [1.165, 1.54) is 26.4 Å². The SMILES string of the molecule is CCC(C)(C)C(=O)Nc1cc(OC)c(OC)cc1C(=O)O. The standard InChI is InChI=1S/C15H21NO5/c1-6-15(2,3)14(19)16-10-8-12(21-5)11(20-4)7-9(10)13(17)18/h7-8H,6H2,1-5H3,(H,16,19)(H,17,18). The predicted molar refractivity (Wildman–Crippen MR) is 79.2 cm³/mol. The second-order valence-electron chi connectivity index (χ2n) is 5.25. The average molecular weight is 295 g/mol. The maximum atomic E-state index is 12.2. The highest BCUT2D eigenvalue weighted by Crippen LogP contribution is 2.34. The van der Waals surface area contributed by atoms with Crippen molar-refractivity contribution in [3.8, 4) is 11.5 Å². The minimum atomic E-state index is -1.15. The lowest BCUT2D eigenvalue weighted by atomic mass is 9.89. The molecule has 1 aromatic rings. The van der Waals surface area contributed by atoms with Crippen molar-refractivity contribution in [1.82, 2.24) is 0 Å². The van der Waals surface area contributed by atoms with E-state index >= 15 is 0 Å². The van der Waals surface area contributed by atoms with Crippen molar-refractivity contribution in [3.63, 3.8) is 0 Å². The molecule has 0 fully saturated rings. The number of anilines is 1. The van der Waals surface area contributed by atoms with Crippen LogP contribution in [0.2, 0.25) is 0 Å². The monoisotopic (exact) mass is 295 g/mol. The Hall–Kier alpha value is -2.24. The van der Waals surface area contributed by atoms with Crippen molar-refractivity contribution in [2.45, 2.75) is 27.2 Å². The minimum absolute atomic E-state index is 0.0482. The zero-order valence-corrected chi connectivity index (χ0v) is 12.9. The summed E-state index contributed by atoms with van der Waals surface area (Å²) in [6.07, 6.45) is 0.633. The van der Waals surface area contributed by atoms with Crippen molar-refractivity contribution in [2.75, 3.05) is 19.5 Å². The van der Waals surface area contributed by atoms with Crippen LogP contribution < -0.4 is 14.8 Å². The van der Waals surface area contributed by atoms with Crippen LogP contribution in [0.5, 0.6) is 11.5 Å². The number of carboxylic acids is 1. The third-order valence-corrected chi connectivity index (χ3v) is 3.50. The molecule has 0 unspecified atom stereocenters. The van der Waals surface area contributed by atoms with E-state index in [-0.39, 0.29) is 17.2 Å². The Bertz CT molecular complexity index is 551. The van der Waals surface area contributed by atoms with Gasteiger partial charge < -0.3 is 19.9 Å². The highest BCUT2D eigenvalue weighted by molar-refractivity contribution is 6.02. The molecule has 0 aromatic heterocycles. The smallest absolute Gasteiger partial charge is 0.337 e. The van der Waals surface area contributed by atoms with Crippen LogP contribution in [0.1, 0.15) is 37.6 Å². The van der Waals surface area contributed by atoms with E-state index < -0.39 is 11.4 Å². The van der Waals surface area contributed by atoms with Gasteiger partial charge in [0.15, 0.2) is 11.5 Å². The molecule has 0 radical (unpaired) electrons. The molecule has 6 nitrogen and oxygen atoms in total. The number of nitrogens with one attached hydrogen (secondary N) is 1. The van der Waals surface area contributed by atoms with Crippen molar-refractivity contribution >= 4 is 17.6 Å². The molecule has 0 bridgehead atoms. The summed E-state index contributed by atoms with van der Waals surface area (Å²) < 4.78 is 10.2. The fourth-order valence-electron chi connectivity index (χ4n) is 1.61. The summed E-state index contributed by atoms with van der Waals surface area (Å²) in [6, 6.07) is 2.78. The Kier molecular flexibility index (Phi) is 5.18. The summed E-state index contributed by atoms with van der Waals surface area (Å²) in [6.45, 7) is 5.49. The number of methoxy groups -OCH3 is 2. The predicted octanol–water partition coefficient (Wildman–Crippen LogP) is 2.78. The lowest BCUT2D eigenvalue weighted by Crippen LogP contribution is -2.30. The van der Waals surface area contributed by atoms with Gasteiger partial charge in [0.2, 0.25) is 5.91 Å².